The van der Waals surface area contributed by atoms with Gasteiger partial charge in [-0.1, -0.05) is 25.6 Å². The van der Waals surface area contributed by atoms with Gasteiger partial charge in [-0.15, -0.1) is 5.10 Å². The van der Waals surface area contributed by atoms with Crippen LogP contribution in [-0.2, 0) is 11.3 Å². The van der Waals surface area contributed by atoms with E-state index in [1.54, 1.807) is 6.92 Å². The van der Waals surface area contributed by atoms with Crippen molar-refractivity contribution in [2.24, 2.45) is 5.92 Å². The quantitative estimate of drug-likeness (QED) is 0.723. The highest BCUT2D eigenvalue weighted by molar-refractivity contribution is 7.99. The van der Waals surface area contributed by atoms with E-state index in [4.69, 9.17) is 5.11 Å². The van der Waals surface area contributed by atoms with E-state index in [0.29, 0.717) is 17.5 Å². The van der Waals surface area contributed by atoms with Gasteiger partial charge in [0, 0.05) is 12.3 Å². The molecule has 0 fully saturated rings. The molecule has 0 spiro atoms. The molecular weight excluding hydrogens is 230 g/mol. The molecule has 1 rings (SSSR count). The number of aromatic amines is 1. The van der Waals surface area contributed by atoms with Crippen LogP contribution in [-0.4, -0.2) is 31.6 Å². The van der Waals surface area contributed by atoms with Crippen molar-refractivity contribution in [2.45, 2.75) is 32.0 Å². The fourth-order valence-electron chi connectivity index (χ4n) is 1.11. The number of hydrogen-bond acceptors (Lipinski definition) is 4. The Morgan fingerprint density at radius 1 is 1.69 bits per heavy atom. The summed E-state index contributed by atoms with van der Waals surface area (Å²) in [6, 6.07) is 0. The molecule has 16 heavy (non-hydrogen) atoms. The van der Waals surface area contributed by atoms with Crippen molar-refractivity contribution in [1.82, 2.24) is 14.8 Å². The highest BCUT2D eigenvalue weighted by Gasteiger charge is 2.14. The third-order valence-electron chi connectivity index (χ3n) is 2.05. The summed E-state index contributed by atoms with van der Waals surface area (Å²) in [6.45, 7) is 4.19. The lowest BCUT2D eigenvalue weighted by molar-refractivity contribution is -0.140. The number of nitrogens with one attached hydrogen (secondary N) is 1. The Morgan fingerprint density at radius 3 is 2.94 bits per heavy atom. The summed E-state index contributed by atoms with van der Waals surface area (Å²) >= 11 is 1.28. The Kier molecular flexibility index (Phi) is 4.60. The molecule has 0 radical (unpaired) electrons. The van der Waals surface area contributed by atoms with Crippen LogP contribution in [0.5, 0.6) is 0 Å². The topological polar surface area (TPSA) is 88.0 Å². The molecule has 0 bridgehead atoms. The number of carbonyl (C=O) groups is 1. The fraction of sp³-hybridized carbons (Fsp3) is 0.667. The zero-order valence-electron chi connectivity index (χ0n) is 9.27. The van der Waals surface area contributed by atoms with Crippen LogP contribution in [0, 0.1) is 5.92 Å². The SMILES string of the molecule is CCCn1c(SCC(C)C(=O)O)n[nH]c1=O. The van der Waals surface area contributed by atoms with Crippen molar-refractivity contribution in [3.8, 4) is 0 Å². The number of nitrogens with zero attached hydrogens (tertiary/aromatic N) is 2. The van der Waals surface area contributed by atoms with Crippen molar-refractivity contribution >= 4 is 17.7 Å². The van der Waals surface area contributed by atoms with Crippen molar-refractivity contribution in [3.05, 3.63) is 10.5 Å². The van der Waals surface area contributed by atoms with E-state index in [1.165, 1.54) is 16.3 Å². The van der Waals surface area contributed by atoms with Crippen LogP contribution in [0.2, 0.25) is 0 Å². The molecule has 0 amide bonds. The first-order valence-corrected chi connectivity index (χ1v) is 6.05. The van der Waals surface area contributed by atoms with Crippen LogP contribution >= 0.6 is 11.8 Å². The molecule has 2 N–H and O–H groups in total. The standard InChI is InChI=1S/C9H15N3O3S/c1-3-4-12-8(15)10-11-9(12)16-5-6(2)7(13)14/h6H,3-5H2,1-2H3,(H,10,15)(H,13,14). The smallest absolute Gasteiger partial charge is 0.343 e. The Hall–Kier alpha value is -1.24. The molecule has 1 atom stereocenters. The maximum atomic E-state index is 11.3. The normalized spacial score (nSPS) is 12.6. The molecule has 1 unspecified atom stereocenters. The van der Waals surface area contributed by atoms with E-state index >= 15 is 0 Å². The molecule has 0 aromatic carbocycles. The number of rotatable bonds is 6. The first-order chi connectivity index (χ1) is 7.56. The molecule has 6 nitrogen and oxygen atoms in total. The van der Waals surface area contributed by atoms with Crippen LogP contribution in [0.4, 0.5) is 0 Å². The average molecular weight is 245 g/mol. The van der Waals surface area contributed by atoms with E-state index in [9.17, 15) is 9.59 Å². The fourth-order valence-corrected chi connectivity index (χ4v) is 2.09. The van der Waals surface area contributed by atoms with Crippen LogP contribution in [0.1, 0.15) is 20.3 Å². The van der Waals surface area contributed by atoms with Gasteiger partial charge in [0.05, 0.1) is 5.92 Å². The molecule has 1 aromatic heterocycles. The summed E-state index contributed by atoms with van der Waals surface area (Å²) in [4.78, 5) is 22.0. The molecule has 0 saturated heterocycles. The van der Waals surface area contributed by atoms with Gasteiger partial charge in [-0.25, -0.2) is 9.89 Å². The average Bonchev–Trinajstić information content (AvgIpc) is 2.58. The van der Waals surface area contributed by atoms with Crippen LogP contribution in [0.15, 0.2) is 9.95 Å². The largest absolute Gasteiger partial charge is 0.481 e. The maximum Gasteiger partial charge on any atom is 0.343 e. The Morgan fingerprint density at radius 2 is 2.38 bits per heavy atom. The van der Waals surface area contributed by atoms with E-state index in [1.807, 2.05) is 6.92 Å². The first-order valence-electron chi connectivity index (χ1n) is 5.07. The number of hydrogen-bond donors (Lipinski definition) is 2. The number of carboxylic acids is 1. The Labute approximate surface area is 97.1 Å². The summed E-state index contributed by atoms with van der Waals surface area (Å²) in [5.74, 6) is -0.886. The monoisotopic (exact) mass is 245 g/mol. The van der Waals surface area contributed by atoms with Crippen molar-refractivity contribution < 1.29 is 9.90 Å². The Bertz CT molecular complexity index is 412. The van der Waals surface area contributed by atoms with E-state index in [0.717, 1.165) is 6.42 Å². The zero-order valence-corrected chi connectivity index (χ0v) is 10.1. The number of carboxylic acid groups (broad SMARTS) is 1. The number of thioether (sulfide) groups is 1. The van der Waals surface area contributed by atoms with Crippen molar-refractivity contribution in [2.75, 3.05) is 5.75 Å². The minimum absolute atomic E-state index is 0.243. The first kappa shape index (κ1) is 12.8. The van der Waals surface area contributed by atoms with Gasteiger partial charge >= 0.3 is 11.7 Å². The van der Waals surface area contributed by atoms with Gasteiger partial charge in [0.2, 0.25) is 0 Å². The highest BCUT2D eigenvalue weighted by Crippen LogP contribution is 2.17. The molecule has 0 aliphatic heterocycles. The summed E-state index contributed by atoms with van der Waals surface area (Å²) in [6.07, 6.45) is 0.835. The molecule has 7 heteroatoms. The highest BCUT2D eigenvalue weighted by atomic mass is 32.2. The third-order valence-corrected chi connectivity index (χ3v) is 3.29. The van der Waals surface area contributed by atoms with Gasteiger partial charge in [-0.05, 0) is 6.42 Å². The summed E-state index contributed by atoms with van der Waals surface area (Å²) in [7, 11) is 0. The van der Waals surface area contributed by atoms with Crippen LogP contribution in [0.3, 0.4) is 0 Å². The summed E-state index contributed by atoms with van der Waals surface area (Å²) in [5.41, 5.74) is -0.243. The van der Waals surface area contributed by atoms with Gasteiger partial charge < -0.3 is 5.11 Å². The molecule has 0 aliphatic carbocycles. The lowest BCUT2D eigenvalue weighted by Crippen LogP contribution is -2.18. The maximum absolute atomic E-state index is 11.3. The number of aromatic nitrogens is 3. The molecule has 90 valence electrons. The molecular formula is C9H15N3O3S. The summed E-state index contributed by atoms with van der Waals surface area (Å²) < 4.78 is 1.53. The molecule has 1 heterocycles. The second kappa shape index (κ2) is 5.74. The minimum Gasteiger partial charge on any atom is -0.481 e. The van der Waals surface area contributed by atoms with E-state index in [2.05, 4.69) is 10.2 Å². The second-order valence-corrected chi connectivity index (χ2v) is 4.50. The predicted octanol–water partition coefficient (Wildman–Crippen LogP) is 0.794. The molecule has 0 aliphatic rings. The second-order valence-electron chi connectivity index (χ2n) is 3.51. The summed E-state index contributed by atoms with van der Waals surface area (Å²) in [5, 5.41) is 15.5. The van der Waals surface area contributed by atoms with Crippen molar-refractivity contribution in [3.63, 3.8) is 0 Å². The van der Waals surface area contributed by atoms with Gasteiger partial charge in [0.1, 0.15) is 0 Å². The number of H-pyrrole nitrogens is 1. The lowest BCUT2D eigenvalue weighted by Gasteiger charge is -2.06. The van der Waals surface area contributed by atoms with Gasteiger partial charge in [-0.2, -0.15) is 0 Å². The lowest BCUT2D eigenvalue weighted by atomic mass is 10.2. The minimum atomic E-state index is -0.840. The Balaban J connectivity index is 2.67. The van der Waals surface area contributed by atoms with Gasteiger partial charge in [0.15, 0.2) is 5.16 Å². The molecule has 0 saturated carbocycles. The van der Waals surface area contributed by atoms with Crippen molar-refractivity contribution in [1.29, 1.82) is 0 Å². The van der Waals surface area contributed by atoms with E-state index < -0.39 is 11.9 Å². The van der Waals surface area contributed by atoms with Gasteiger partial charge in [-0.3, -0.25) is 9.36 Å². The van der Waals surface area contributed by atoms with E-state index in [-0.39, 0.29) is 5.69 Å². The van der Waals surface area contributed by atoms with Gasteiger partial charge in [0.25, 0.3) is 0 Å². The van der Waals surface area contributed by atoms with Crippen LogP contribution < -0.4 is 5.69 Å². The van der Waals surface area contributed by atoms with Crippen LogP contribution in [0.25, 0.3) is 0 Å². The number of aliphatic carboxylic acids is 1. The third kappa shape index (κ3) is 3.13. The zero-order chi connectivity index (χ0) is 12.1. The molecule has 1 aromatic rings. The predicted molar refractivity (Wildman–Crippen MR) is 60.7 cm³/mol.